The van der Waals surface area contributed by atoms with Crippen molar-refractivity contribution in [2.24, 2.45) is 5.41 Å². The fourth-order valence-corrected chi connectivity index (χ4v) is 1.80. The van der Waals surface area contributed by atoms with Gasteiger partial charge in [0, 0.05) is 24.5 Å². The summed E-state index contributed by atoms with van der Waals surface area (Å²) >= 11 is 0. The highest BCUT2D eigenvalue weighted by molar-refractivity contribution is 5.74. The highest BCUT2D eigenvalue weighted by Crippen LogP contribution is 2.23. The molecule has 1 aromatic carbocycles. The van der Waals surface area contributed by atoms with Gasteiger partial charge in [-0.1, -0.05) is 6.92 Å². The minimum absolute atomic E-state index is 0.486. The topological polar surface area (TPSA) is 66.6 Å². The van der Waals surface area contributed by atoms with Crippen LogP contribution in [0.5, 0.6) is 0 Å². The van der Waals surface area contributed by atoms with Crippen LogP contribution in [0, 0.1) is 5.41 Å². The number of nitrogens with two attached hydrogens (primary N) is 1. The first-order valence-electron chi connectivity index (χ1n) is 6.20. The van der Waals surface area contributed by atoms with Gasteiger partial charge in [-0.3, -0.25) is 4.79 Å². The van der Waals surface area contributed by atoms with Gasteiger partial charge in [0.15, 0.2) is 0 Å². The predicted molar refractivity (Wildman–Crippen MR) is 74.8 cm³/mol. The molecule has 0 spiro atoms. The van der Waals surface area contributed by atoms with Crippen LogP contribution in [0.15, 0.2) is 24.3 Å². The molecule has 4 nitrogen and oxygen atoms in total. The summed E-state index contributed by atoms with van der Waals surface area (Å²) in [4.78, 5) is 13.3. The number of benzene rings is 1. The van der Waals surface area contributed by atoms with Crippen LogP contribution in [-0.4, -0.2) is 24.2 Å². The zero-order chi connectivity index (χ0) is 13.8. The van der Waals surface area contributed by atoms with Gasteiger partial charge in [-0.15, -0.1) is 0 Å². The maximum atomic E-state index is 11.2. The molecule has 100 valence electrons. The molecule has 3 N–H and O–H groups in total. The number of aliphatic carboxylic acids is 1. The smallest absolute Gasteiger partial charge is 0.310 e. The Morgan fingerprint density at radius 2 is 1.89 bits per heavy atom. The SMILES string of the molecule is CCCN(CC(C)(C)C(=O)O)c1ccc(N)cc1. The molecule has 0 aromatic heterocycles. The molecule has 4 heteroatoms. The summed E-state index contributed by atoms with van der Waals surface area (Å²) in [6.07, 6.45) is 0.972. The standard InChI is InChI=1S/C14H22N2O2/c1-4-9-16(10-14(2,3)13(17)18)12-7-5-11(15)6-8-12/h5-8H,4,9-10,15H2,1-3H3,(H,17,18). The monoisotopic (exact) mass is 250 g/mol. The second kappa shape index (κ2) is 5.76. The van der Waals surface area contributed by atoms with Crippen molar-refractivity contribution in [2.75, 3.05) is 23.7 Å². The Labute approximate surface area is 108 Å². The van der Waals surface area contributed by atoms with Crippen LogP contribution in [0.2, 0.25) is 0 Å². The van der Waals surface area contributed by atoms with E-state index in [2.05, 4.69) is 11.8 Å². The molecule has 0 fully saturated rings. The summed E-state index contributed by atoms with van der Waals surface area (Å²) in [5.41, 5.74) is 6.63. The lowest BCUT2D eigenvalue weighted by molar-refractivity contribution is -0.146. The van der Waals surface area contributed by atoms with Crippen LogP contribution in [0.3, 0.4) is 0 Å². The van der Waals surface area contributed by atoms with Gasteiger partial charge in [-0.25, -0.2) is 0 Å². The lowest BCUT2D eigenvalue weighted by atomic mass is 9.92. The zero-order valence-corrected chi connectivity index (χ0v) is 11.3. The molecule has 0 aliphatic carbocycles. The third-order valence-electron chi connectivity index (χ3n) is 2.92. The summed E-state index contributed by atoms with van der Waals surface area (Å²) < 4.78 is 0. The number of anilines is 2. The third kappa shape index (κ3) is 3.65. The molecule has 18 heavy (non-hydrogen) atoms. The molecule has 0 saturated carbocycles. The number of hydrogen-bond donors (Lipinski definition) is 2. The van der Waals surface area contributed by atoms with Crippen LogP contribution < -0.4 is 10.6 Å². The largest absolute Gasteiger partial charge is 0.481 e. The minimum Gasteiger partial charge on any atom is -0.481 e. The van der Waals surface area contributed by atoms with Crippen molar-refractivity contribution in [3.05, 3.63) is 24.3 Å². The van der Waals surface area contributed by atoms with Crippen LogP contribution >= 0.6 is 0 Å². The molecule has 0 bridgehead atoms. The Balaban J connectivity index is 2.89. The molecule has 0 atom stereocenters. The molecule has 0 aliphatic rings. The van der Waals surface area contributed by atoms with Crippen LogP contribution in [0.4, 0.5) is 11.4 Å². The number of nitrogens with zero attached hydrogens (tertiary/aromatic N) is 1. The molecule has 0 saturated heterocycles. The van der Waals surface area contributed by atoms with E-state index < -0.39 is 11.4 Å². The summed E-state index contributed by atoms with van der Waals surface area (Å²) in [5, 5.41) is 9.20. The van der Waals surface area contributed by atoms with Crippen LogP contribution in [0.1, 0.15) is 27.2 Å². The number of carbonyl (C=O) groups is 1. The van der Waals surface area contributed by atoms with Gasteiger partial charge in [-0.2, -0.15) is 0 Å². The van der Waals surface area contributed by atoms with Gasteiger partial charge >= 0.3 is 5.97 Å². The molecule has 1 aromatic rings. The van der Waals surface area contributed by atoms with E-state index in [0.717, 1.165) is 18.7 Å². The lowest BCUT2D eigenvalue weighted by Gasteiger charge is -2.31. The van der Waals surface area contributed by atoms with Crippen molar-refractivity contribution in [1.29, 1.82) is 0 Å². The second-order valence-corrected chi connectivity index (χ2v) is 5.20. The molecular weight excluding hydrogens is 228 g/mol. The molecule has 0 aliphatic heterocycles. The van der Waals surface area contributed by atoms with Gasteiger partial charge in [0.25, 0.3) is 0 Å². The Bertz CT molecular complexity index is 399. The van der Waals surface area contributed by atoms with E-state index in [4.69, 9.17) is 5.73 Å². The number of nitrogen functional groups attached to an aromatic ring is 1. The average Bonchev–Trinajstić information content (AvgIpc) is 2.29. The molecule has 0 heterocycles. The van der Waals surface area contributed by atoms with Crippen molar-refractivity contribution >= 4 is 17.3 Å². The quantitative estimate of drug-likeness (QED) is 0.762. The third-order valence-corrected chi connectivity index (χ3v) is 2.92. The number of rotatable bonds is 6. The van der Waals surface area contributed by atoms with E-state index in [9.17, 15) is 9.90 Å². The molecule has 0 radical (unpaired) electrons. The molecule has 0 amide bonds. The highest BCUT2D eigenvalue weighted by atomic mass is 16.4. The Morgan fingerprint density at radius 3 is 2.33 bits per heavy atom. The van der Waals surface area contributed by atoms with E-state index in [-0.39, 0.29) is 0 Å². The maximum Gasteiger partial charge on any atom is 0.310 e. The summed E-state index contributed by atoms with van der Waals surface area (Å²) in [6.45, 7) is 6.89. The maximum absolute atomic E-state index is 11.2. The lowest BCUT2D eigenvalue weighted by Crippen LogP contribution is -2.39. The first kappa shape index (κ1) is 14.4. The Morgan fingerprint density at radius 1 is 1.33 bits per heavy atom. The van der Waals surface area contributed by atoms with Crippen molar-refractivity contribution in [3.8, 4) is 0 Å². The van der Waals surface area contributed by atoms with E-state index in [0.29, 0.717) is 12.2 Å². The van der Waals surface area contributed by atoms with E-state index in [1.54, 1.807) is 13.8 Å². The van der Waals surface area contributed by atoms with Gasteiger partial charge in [0.05, 0.1) is 5.41 Å². The van der Waals surface area contributed by atoms with E-state index in [1.807, 2.05) is 24.3 Å². The number of carboxylic acid groups (broad SMARTS) is 1. The van der Waals surface area contributed by atoms with Crippen molar-refractivity contribution in [1.82, 2.24) is 0 Å². The van der Waals surface area contributed by atoms with E-state index >= 15 is 0 Å². The normalized spacial score (nSPS) is 11.3. The highest BCUT2D eigenvalue weighted by Gasteiger charge is 2.29. The van der Waals surface area contributed by atoms with Crippen molar-refractivity contribution < 1.29 is 9.90 Å². The number of carboxylic acids is 1. The van der Waals surface area contributed by atoms with Crippen LogP contribution in [0.25, 0.3) is 0 Å². The summed E-state index contributed by atoms with van der Waals surface area (Å²) in [5.74, 6) is -0.779. The Kier molecular flexibility index (Phi) is 4.59. The molecule has 1 rings (SSSR count). The fourth-order valence-electron chi connectivity index (χ4n) is 1.80. The van der Waals surface area contributed by atoms with E-state index in [1.165, 1.54) is 0 Å². The average molecular weight is 250 g/mol. The zero-order valence-electron chi connectivity index (χ0n) is 11.3. The summed E-state index contributed by atoms with van der Waals surface area (Å²) in [7, 11) is 0. The van der Waals surface area contributed by atoms with Gasteiger partial charge in [0.1, 0.15) is 0 Å². The molecular formula is C14H22N2O2. The first-order valence-corrected chi connectivity index (χ1v) is 6.20. The second-order valence-electron chi connectivity index (χ2n) is 5.20. The first-order chi connectivity index (χ1) is 8.36. The molecule has 0 unspecified atom stereocenters. The summed E-state index contributed by atoms with van der Waals surface area (Å²) in [6, 6.07) is 7.55. The predicted octanol–water partition coefficient (Wildman–Crippen LogP) is 2.60. The van der Waals surface area contributed by atoms with Crippen LogP contribution in [-0.2, 0) is 4.79 Å². The Hall–Kier alpha value is -1.71. The van der Waals surface area contributed by atoms with Gasteiger partial charge < -0.3 is 15.7 Å². The minimum atomic E-state index is -0.779. The fraction of sp³-hybridized carbons (Fsp3) is 0.500. The number of hydrogen-bond acceptors (Lipinski definition) is 3. The van der Waals surface area contributed by atoms with Gasteiger partial charge in [-0.05, 0) is 44.5 Å². The van der Waals surface area contributed by atoms with Crippen molar-refractivity contribution in [3.63, 3.8) is 0 Å². The van der Waals surface area contributed by atoms with Gasteiger partial charge in [0.2, 0.25) is 0 Å². The van der Waals surface area contributed by atoms with Crippen molar-refractivity contribution in [2.45, 2.75) is 27.2 Å².